The molecule has 0 heterocycles. The topological polar surface area (TPSA) is 105 Å². The largest absolute Gasteiger partial charge is 0.489 e. The van der Waals surface area contributed by atoms with Crippen molar-refractivity contribution in [3.8, 4) is 5.75 Å². The fourth-order valence-corrected chi connectivity index (χ4v) is 3.67. The van der Waals surface area contributed by atoms with Gasteiger partial charge in [-0.3, -0.25) is 14.4 Å². The normalized spacial score (nSPS) is 11.5. The number of carbonyl (C=O) groups is 3. The molecule has 0 aliphatic heterocycles. The fourth-order valence-electron chi connectivity index (χ4n) is 3.45. The summed E-state index contributed by atoms with van der Waals surface area (Å²) in [5, 5.41) is 15.2. The Labute approximate surface area is 209 Å². The van der Waals surface area contributed by atoms with Crippen LogP contribution in [0.5, 0.6) is 5.75 Å². The number of halogens is 1. The van der Waals surface area contributed by atoms with Crippen LogP contribution in [0.3, 0.4) is 0 Å². The van der Waals surface area contributed by atoms with Gasteiger partial charge < -0.3 is 20.5 Å². The highest BCUT2D eigenvalue weighted by Gasteiger charge is 2.19. The molecule has 0 spiro atoms. The monoisotopic (exact) mass is 494 g/mol. The van der Waals surface area contributed by atoms with Crippen LogP contribution in [0.15, 0.2) is 72.8 Å². The number of carbonyl (C=O) groups excluding carboxylic acids is 2. The maximum Gasteiger partial charge on any atom is 0.305 e. The number of carboxylic acid groups (broad SMARTS) is 1. The molecule has 3 aromatic rings. The van der Waals surface area contributed by atoms with E-state index in [0.717, 1.165) is 5.56 Å². The number of rotatable bonds is 10. The van der Waals surface area contributed by atoms with Gasteiger partial charge in [-0.25, -0.2) is 0 Å². The Balaban J connectivity index is 1.65. The first-order valence-corrected chi connectivity index (χ1v) is 11.5. The maximum absolute atomic E-state index is 12.8. The Morgan fingerprint density at radius 1 is 0.914 bits per heavy atom. The van der Waals surface area contributed by atoms with E-state index in [1.165, 1.54) is 6.07 Å². The molecule has 0 aliphatic rings. The van der Waals surface area contributed by atoms with E-state index in [4.69, 9.17) is 16.3 Å². The highest BCUT2D eigenvalue weighted by molar-refractivity contribution is 6.32. The van der Waals surface area contributed by atoms with Crippen LogP contribution in [-0.4, -0.2) is 35.0 Å². The van der Waals surface area contributed by atoms with Gasteiger partial charge in [-0.1, -0.05) is 41.9 Å². The molecule has 3 rings (SSSR count). The molecule has 0 fully saturated rings. The van der Waals surface area contributed by atoms with E-state index >= 15 is 0 Å². The Morgan fingerprint density at radius 3 is 2.20 bits per heavy atom. The van der Waals surface area contributed by atoms with Crippen molar-refractivity contribution in [3.05, 3.63) is 94.5 Å². The molecule has 0 unspecified atom stereocenters. The molecule has 0 saturated carbocycles. The van der Waals surface area contributed by atoms with Gasteiger partial charge in [0.1, 0.15) is 5.75 Å². The number of anilines is 1. The lowest BCUT2D eigenvalue weighted by Gasteiger charge is -2.18. The molecular weight excluding hydrogens is 468 g/mol. The van der Waals surface area contributed by atoms with Crippen molar-refractivity contribution < 1.29 is 24.2 Å². The van der Waals surface area contributed by atoms with Gasteiger partial charge in [0.25, 0.3) is 11.8 Å². The van der Waals surface area contributed by atoms with Crippen LogP contribution < -0.4 is 15.4 Å². The van der Waals surface area contributed by atoms with E-state index in [1.54, 1.807) is 60.7 Å². The predicted octanol–water partition coefficient (Wildman–Crippen LogP) is 5.20. The second-order valence-corrected chi connectivity index (χ2v) is 8.71. The van der Waals surface area contributed by atoms with Gasteiger partial charge in [-0.15, -0.1) is 0 Å². The van der Waals surface area contributed by atoms with Gasteiger partial charge >= 0.3 is 5.97 Å². The number of hydrogen-bond donors (Lipinski definition) is 3. The van der Waals surface area contributed by atoms with E-state index in [0.29, 0.717) is 34.0 Å². The summed E-state index contributed by atoms with van der Waals surface area (Å²) in [6.45, 7) is 3.74. The van der Waals surface area contributed by atoms with Crippen molar-refractivity contribution in [1.82, 2.24) is 5.32 Å². The molecule has 0 radical (unpaired) electrons. The van der Waals surface area contributed by atoms with Crippen LogP contribution in [0.4, 0.5) is 5.69 Å². The second-order valence-electron chi connectivity index (χ2n) is 8.30. The molecule has 182 valence electrons. The summed E-state index contributed by atoms with van der Waals surface area (Å²) < 4.78 is 5.58. The minimum Gasteiger partial charge on any atom is -0.489 e. The van der Waals surface area contributed by atoms with Crippen LogP contribution in [0.25, 0.3) is 0 Å². The maximum atomic E-state index is 12.8. The number of amides is 2. The highest BCUT2D eigenvalue weighted by atomic mass is 35.5. The lowest BCUT2D eigenvalue weighted by atomic mass is 10.0. The minimum atomic E-state index is -1.03. The van der Waals surface area contributed by atoms with Crippen molar-refractivity contribution in [2.24, 2.45) is 0 Å². The number of benzene rings is 3. The van der Waals surface area contributed by atoms with Gasteiger partial charge in [-0.2, -0.15) is 0 Å². The number of nitrogens with one attached hydrogen (secondary N) is 2. The molecule has 3 aromatic carbocycles. The van der Waals surface area contributed by atoms with Crippen molar-refractivity contribution >= 4 is 35.1 Å². The summed E-state index contributed by atoms with van der Waals surface area (Å²) in [5.74, 6) is -1.21. The van der Waals surface area contributed by atoms with Gasteiger partial charge in [0, 0.05) is 22.9 Å². The van der Waals surface area contributed by atoms with E-state index in [2.05, 4.69) is 10.6 Å². The zero-order chi connectivity index (χ0) is 25.4. The van der Waals surface area contributed by atoms with E-state index in [1.807, 2.05) is 19.9 Å². The van der Waals surface area contributed by atoms with E-state index < -0.39 is 17.9 Å². The standard InChI is InChI=1S/C27H27ClN2O5/c1-17(2)35-24-13-10-20(15-23(24)28)27(34)30-22(16-25(31)32)14-18-8-11-21(12-9-18)29-26(33)19-6-4-3-5-7-19/h3-13,15,17,22H,14,16H2,1-2H3,(H,29,33)(H,30,34)(H,31,32)/t22-/m0/s1. The van der Waals surface area contributed by atoms with Crippen LogP contribution in [0.2, 0.25) is 5.02 Å². The smallest absolute Gasteiger partial charge is 0.305 e. The first-order chi connectivity index (χ1) is 16.7. The Hall–Kier alpha value is -3.84. The molecule has 35 heavy (non-hydrogen) atoms. The summed E-state index contributed by atoms with van der Waals surface area (Å²) in [6, 6.07) is 20.0. The molecule has 8 heteroatoms. The van der Waals surface area contributed by atoms with Crippen LogP contribution >= 0.6 is 11.6 Å². The van der Waals surface area contributed by atoms with Gasteiger partial charge in [-0.05, 0) is 68.3 Å². The Morgan fingerprint density at radius 2 is 1.60 bits per heavy atom. The lowest BCUT2D eigenvalue weighted by molar-refractivity contribution is -0.137. The van der Waals surface area contributed by atoms with Crippen LogP contribution in [0, 0.1) is 0 Å². The predicted molar refractivity (Wildman–Crippen MR) is 135 cm³/mol. The van der Waals surface area contributed by atoms with E-state index in [-0.39, 0.29) is 18.4 Å². The lowest BCUT2D eigenvalue weighted by Crippen LogP contribution is -2.38. The molecular formula is C27H27ClN2O5. The molecule has 7 nitrogen and oxygen atoms in total. The molecule has 0 aromatic heterocycles. The number of hydrogen-bond acceptors (Lipinski definition) is 4. The van der Waals surface area contributed by atoms with Gasteiger partial charge in [0.05, 0.1) is 17.5 Å². The molecule has 0 bridgehead atoms. The fraction of sp³-hybridized carbons (Fsp3) is 0.222. The minimum absolute atomic E-state index is 0.0647. The molecule has 3 N–H and O–H groups in total. The summed E-state index contributed by atoms with van der Waals surface area (Å²) in [7, 11) is 0. The third-order valence-corrected chi connectivity index (χ3v) is 5.34. The van der Waals surface area contributed by atoms with Gasteiger partial charge in [0.15, 0.2) is 0 Å². The van der Waals surface area contributed by atoms with Gasteiger partial charge in [0.2, 0.25) is 0 Å². The first-order valence-electron chi connectivity index (χ1n) is 11.2. The second kappa shape index (κ2) is 12.0. The van der Waals surface area contributed by atoms with Crippen LogP contribution in [-0.2, 0) is 11.2 Å². The van der Waals surface area contributed by atoms with E-state index in [9.17, 15) is 19.5 Å². The summed E-state index contributed by atoms with van der Waals surface area (Å²) in [4.78, 5) is 36.5. The molecule has 1 atom stereocenters. The summed E-state index contributed by atoms with van der Waals surface area (Å²) in [5.41, 5.74) is 2.28. The van der Waals surface area contributed by atoms with Crippen molar-refractivity contribution in [3.63, 3.8) is 0 Å². The Bertz CT molecular complexity index is 1180. The quantitative estimate of drug-likeness (QED) is 0.359. The zero-order valence-electron chi connectivity index (χ0n) is 19.5. The number of aliphatic carboxylic acids is 1. The summed E-state index contributed by atoms with van der Waals surface area (Å²) in [6.07, 6.45) is -0.0153. The molecule has 0 aliphatic carbocycles. The number of ether oxygens (including phenoxy) is 1. The van der Waals surface area contributed by atoms with Crippen molar-refractivity contribution in [1.29, 1.82) is 0 Å². The zero-order valence-corrected chi connectivity index (χ0v) is 20.2. The van der Waals surface area contributed by atoms with Crippen molar-refractivity contribution in [2.45, 2.75) is 38.8 Å². The third kappa shape index (κ3) is 7.86. The number of carboxylic acids is 1. The first kappa shape index (κ1) is 25.8. The van der Waals surface area contributed by atoms with Crippen molar-refractivity contribution in [2.75, 3.05) is 5.32 Å². The molecule has 2 amide bonds. The third-order valence-electron chi connectivity index (χ3n) is 5.04. The SMILES string of the molecule is CC(C)Oc1ccc(C(=O)N[C@H](CC(=O)O)Cc2ccc(NC(=O)c3ccccc3)cc2)cc1Cl. The average molecular weight is 495 g/mol. The average Bonchev–Trinajstić information content (AvgIpc) is 2.81. The molecule has 0 saturated heterocycles. The van der Waals surface area contributed by atoms with Crippen LogP contribution in [0.1, 0.15) is 46.5 Å². The summed E-state index contributed by atoms with van der Waals surface area (Å²) >= 11 is 6.23. The highest BCUT2D eigenvalue weighted by Crippen LogP contribution is 2.26. The Kier molecular flexibility index (Phi) is 8.86.